The van der Waals surface area contributed by atoms with Gasteiger partial charge in [-0.3, -0.25) is 9.59 Å². The van der Waals surface area contributed by atoms with Crippen molar-refractivity contribution in [1.29, 1.82) is 0 Å². The predicted octanol–water partition coefficient (Wildman–Crippen LogP) is 0.496. The maximum atomic E-state index is 12.5. The molecule has 8 fully saturated rings. The number of aliphatic hydroxyl groups is 7. The summed E-state index contributed by atoms with van der Waals surface area (Å²) in [4.78, 5) is 24.8. The number of esters is 2. The van der Waals surface area contributed by atoms with E-state index in [9.17, 15) is 45.3 Å². The molecule has 0 bridgehead atoms. The summed E-state index contributed by atoms with van der Waals surface area (Å²) in [5.41, 5.74) is 1.19. The van der Waals surface area contributed by atoms with Crippen molar-refractivity contribution in [2.24, 2.45) is 40.4 Å². The number of fused-ring (bicyclic) bond motifs is 7. The molecule has 4 aliphatic carbocycles. The summed E-state index contributed by atoms with van der Waals surface area (Å²) in [6, 6.07) is 0. The van der Waals surface area contributed by atoms with Crippen molar-refractivity contribution in [3.05, 3.63) is 23.8 Å². The van der Waals surface area contributed by atoms with E-state index in [-0.39, 0.29) is 54.1 Å². The van der Waals surface area contributed by atoms with E-state index in [1.807, 2.05) is 0 Å². The van der Waals surface area contributed by atoms with Gasteiger partial charge < -0.3 is 83.1 Å². The summed E-state index contributed by atoms with van der Waals surface area (Å²) in [7, 11) is 0. The summed E-state index contributed by atoms with van der Waals surface area (Å²) in [6.07, 6.45) is -14.8. The van der Waals surface area contributed by atoms with Crippen LogP contribution in [-0.2, 0) is 57.0 Å². The Balaban J connectivity index is 1.02. The molecule has 5 aliphatic heterocycles. The van der Waals surface area contributed by atoms with Crippen LogP contribution in [0.1, 0.15) is 86.5 Å². The number of allylic oxidation sites excluding steroid dienone is 1. The highest BCUT2D eigenvalue weighted by atomic mass is 16.8. The second-order valence-corrected chi connectivity index (χ2v) is 21.1. The van der Waals surface area contributed by atoms with Crippen molar-refractivity contribution in [3.63, 3.8) is 0 Å². The van der Waals surface area contributed by atoms with Crippen LogP contribution in [0.15, 0.2) is 23.8 Å². The molecule has 5 saturated heterocycles. The smallest absolute Gasteiger partial charge is 0.303 e. The van der Waals surface area contributed by atoms with E-state index in [0.29, 0.717) is 19.4 Å². The lowest BCUT2D eigenvalue weighted by Gasteiger charge is -2.60. The van der Waals surface area contributed by atoms with E-state index >= 15 is 0 Å². The van der Waals surface area contributed by atoms with Crippen molar-refractivity contribution in [2.75, 3.05) is 19.8 Å². The van der Waals surface area contributed by atoms with Crippen LogP contribution in [-0.4, -0.2) is 178 Å². The summed E-state index contributed by atoms with van der Waals surface area (Å²) >= 11 is 0. The average Bonchev–Trinajstić information content (AvgIpc) is 3.71. The third kappa shape index (κ3) is 8.12. The molecular weight excluding hydrogens is 868 g/mol. The Morgan fingerprint density at radius 2 is 1.45 bits per heavy atom. The molecule has 0 amide bonds. The Morgan fingerprint density at radius 1 is 0.773 bits per heavy atom. The quantitative estimate of drug-likeness (QED) is 0.129. The molecule has 1 spiro atoms. The van der Waals surface area contributed by atoms with Gasteiger partial charge in [-0.25, -0.2) is 0 Å². The lowest BCUT2D eigenvalue weighted by molar-refractivity contribution is -0.382. The Labute approximate surface area is 384 Å². The monoisotopic (exact) mass is 938 g/mol. The molecule has 0 radical (unpaired) electrons. The Morgan fingerprint density at radius 3 is 2.17 bits per heavy atom. The molecule has 372 valence electrons. The zero-order chi connectivity index (χ0) is 47.4. The molecular formula is C47H70O19. The largest absolute Gasteiger partial charge is 0.455 e. The van der Waals surface area contributed by atoms with Gasteiger partial charge in [0.2, 0.25) is 0 Å². The summed E-state index contributed by atoms with van der Waals surface area (Å²) in [5, 5.41) is 77.3. The second kappa shape index (κ2) is 18.2. The number of aliphatic hydroxyl groups excluding tert-OH is 7. The minimum Gasteiger partial charge on any atom is -0.455 e. The first-order valence-corrected chi connectivity index (χ1v) is 23.8. The molecule has 3 saturated carbocycles. The SMILES string of the molecule is C=C1COC2(OC3CC4C5CC=C6CC(O)CC(OC7OCC(O)C(OC8OCC(O)C(O)C8O)C7OC7OC(C)C(O)C(OC(C)=O)C7OC(C)=O)C6(C)C5CCC4(C)C3C2C)C(O)C1. The molecule has 9 aliphatic rings. The maximum absolute atomic E-state index is 12.5. The van der Waals surface area contributed by atoms with Gasteiger partial charge in [-0.15, -0.1) is 0 Å². The van der Waals surface area contributed by atoms with Crippen LogP contribution >= 0.6 is 0 Å². The first-order valence-electron chi connectivity index (χ1n) is 23.8. The highest BCUT2D eigenvalue weighted by Crippen LogP contribution is 2.71. The fourth-order valence-corrected chi connectivity index (χ4v) is 14.1. The van der Waals surface area contributed by atoms with E-state index < -0.39 is 128 Å². The number of carbonyl (C=O) groups is 2. The van der Waals surface area contributed by atoms with Crippen molar-refractivity contribution >= 4 is 11.9 Å². The van der Waals surface area contributed by atoms with Crippen molar-refractivity contribution in [1.82, 2.24) is 0 Å². The highest BCUT2D eigenvalue weighted by molar-refractivity contribution is 5.67. The molecule has 5 heterocycles. The molecule has 0 aromatic heterocycles. The fraction of sp³-hybridized carbons (Fsp3) is 0.872. The van der Waals surface area contributed by atoms with Crippen LogP contribution in [0.2, 0.25) is 0 Å². The Kier molecular flexibility index (Phi) is 13.5. The van der Waals surface area contributed by atoms with Gasteiger partial charge in [0, 0.05) is 38.0 Å². The number of carbonyl (C=O) groups excluding carboxylic acids is 2. The molecule has 66 heavy (non-hydrogen) atoms. The van der Waals surface area contributed by atoms with E-state index in [1.165, 1.54) is 6.92 Å². The van der Waals surface area contributed by atoms with Gasteiger partial charge in [-0.1, -0.05) is 39.0 Å². The van der Waals surface area contributed by atoms with Crippen molar-refractivity contribution in [3.8, 4) is 0 Å². The first-order chi connectivity index (χ1) is 31.2. The van der Waals surface area contributed by atoms with Crippen LogP contribution in [0, 0.1) is 40.4 Å². The van der Waals surface area contributed by atoms with E-state index in [0.717, 1.165) is 50.7 Å². The molecule has 0 aromatic carbocycles. The minimum absolute atomic E-state index is 0.0492. The van der Waals surface area contributed by atoms with Crippen LogP contribution in [0.5, 0.6) is 0 Å². The first kappa shape index (κ1) is 48.8. The number of rotatable bonds is 8. The minimum atomic E-state index is -1.75. The van der Waals surface area contributed by atoms with Gasteiger partial charge in [0.15, 0.2) is 36.9 Å². The lowest BCUT2D eigenvalue weighted by atomic mass is 9.46. The van der Waals surface area contributed by atoms with E-state index in [2.05, 4.69) is 33.4 Å². The van der Waals surface area contributed by atoms with E-state index in [4.69, 9.17) is 47.4 Å². The van der Waals surface area contributed by atoms with E-state index in [1.54, 1.807) is 0 Å². The molecule has 25 unspecified atom stereocenters. The highest BCUT2D eigenvalue weighted by Gasteiger charge is 2.71. The van der Waals surface area contributed by atoms with Crippen molar-refractivity contribution in [2.45, 2.75) is 197 Å². The summed E-state index contributed by atoms with van der Waals surface area (Å²) in [5.74, 6) is -1.92. The molecule has 7 N–H and O–H groups in total. The normalized spacial score (nSPS) is 53.5. The maximum Gasteiger partial charge on any atom is 0.303 e. The zero-order valence-electron chi connectivity index (χ0n) is 38.6. The van der Waals surface area contributed by atoms with Crippen LogP contribution in [0.4, 0.5) is 0 Å². The second-order valence-electron chi connectivity index (χ2n) is 21.1. The van der Waals surface area contributed by atoms with Gasteiger partial charge in [0.25, 0.3) is 0 Å². The zero-order valence-corrected chi connectivity index (χ0v) is 38.6. The molecule has 9 rings (SSSR count). The van der Waals surface area contributed by atoms with Gasteiger partial charge in [-0.05, 0) is 73.7 Å². The van der Waals surface area contributed by atoms with Gasteiger partial charge >= 0.3 is 11.9 Å². The van der Waals surface area contributed by atoms with Crippen molar-refractivity contribution < 1.29 is 92.7 Å². The van der Waals surface area contributed by atoms with Gasteiger partial charge in [-0.2, -0.15) is 0 Å². The third-order valence-corrected chi connectivity index (χ3v) is 17.3. The molecule has 19 heteroatoms. The number of hydrogen-bond acceptors (Lipinski definition) is 19. The third-order valence-electron chi connectivity index (χ3n) is 17.3. The Bertz CT molecular complexity index is 1860. The topological polar surface area (TPSA) is 268 Å². The molecule has 0 aromatic rings. The fourth-order valence-electron chi connectivity index (χ4n) is 14.1. The standard InChI is InChI=1S/C47H70O19/c1-19-12-32(53)47(59-16-19)20(2)34-31(66-47)15-28-26-9-8-24-13-25(50)14-33(46(24,7)27(26)10-11-45(28,34)6)63-43-40(38(30(52)18-58-43)64-42-37(56)36(55)29(51)17-57-42)65-44-41(62-23(5)49)39(61-22(4)48)35(54)21(3)60-44/h8,20-21,25-44,50-56H,1,9-18H2,2-7H3. The predicted molar refractivity (Wildman–Crippen MR) is 224 cm³/mol. The molecule has 19 nitrogen and oxygen atoms in total. The van der Waals surface area contributed by atoms with Gasteiger partial charge in [0.05, 0.1) is 44.2 Å². The van der Waals surface area contributed by atoms with Crippen LogP contribution in [0.25, 0.3) is 0 Å². The lowest BCUT2D eigenvalue weighted by Crippen LogP contribution is -2.66. The van der Waals surface area contributed by atoms with Crippen LogP contribution < -0.4 is 0 Å². The molecule has 25 atom stereocenters. The number of ether oxygens (including phenoxy) is 10. The Hall–Kier alpha value is -2.18. The van der Waals surface area contributed by atoms with Gasteiger partial charge in [0.1, 0.15) is 48.8 Å². The summed E-state index contributed by atoms with van der Waals surface area (Å²) in [6.45, 7) is 14.1. The summed E-state index contributed by atoms with van der Waals surface area (Å²) < 4.78 is 62.1. The van der Waals surface area contributed by atoms with Crippen LogP contribution in [0.3, 0.4) is 0 Å². The number of hydrogen-bond donors (Lipinski definition) is 7. The average molecular weight is 939 g/mol.